The number of fused-ring (bicyclic) bond motifs is 1. The Bertz CT molecular complexity index is 954. The third kappa shape index (κ3) is 4.60. The molecule has 2 aromatic rings. The monoisotopic (exact) mass is 396 g/mol. The van der Waals surface area contributed by atoms with Gasteiger partial charge in [0.2, 0.25) is 5.91 Å². The molecule has 1 aliphatic rings. The number of methoxy groups -OCH3 is 1. The molecular weight excluding hydrogens is 376 g/mol. The highest BCUT2D eigenvalue weighted by atomic mass is 16.5. The second kappa shape index (κ2) is 8.55. The molecule has 1 aliphatic heterocycles. The van der Waals surface area contributed by atoms with Crippen molar-refractivity contribution in [3.8, 4) is 5.75 Å². The Morgan fingerprint density at radius 3 is 2.48 bits per heavy atom. The van der Waals surface area contributed by atoms with Gasteiger partial charge in [-0.05, 0) is 42.8 Å². The molecule has 8 heteroatoms. The maximum absolute atomic E-state index is 12.5. The standard InChI is InChI=1S/C21H20N2O6/c1-13(20(26)22-15-7-9-16(28-2)10-8-15)29-19(25)12-23-18(24)11-14-5-3-4-6-17(14)21(23)27/h3-10,13H,11-12H2,1-2H3,(H,22,26)/t13-/m0/s1. The number of hydrogen-bond acceptors (Lipinski definition) is 6. The molecule has 1 N–H and O–H groups in total. The minimum absolute atomic E-state index is 0.0305. The van der Waals surface area contributed by atoms with E-state index in [1.807, 2.05) is 0 Å². The van der Waals surface area contributed by atoms with Crippen LogP contribution in [0.1, 0.15) is 22.8 Å². The van der Waals surface area contributed by atoms with Crippen molar-refractivity contribution in [1.82, 2.24) is 4.90 Å². The number of carbonyl (C=O) groups is 4. The number of esters is 1. The number of nitrogens with one attached hydrogen (secondary N) is 1. The minimum Gasteiger partial charge on any atom is -0.497 e. The fourth-order valence-electron chi connectivity index (χ4n) is 2.90. The first kappa shape index (κ1) is 20.1. The number of rotatable bonds is 6. The number of ether oxygens (including phenoxy) is 2. The molecule has 0 aliphatic carbocycles. The SMILES string of the molecule is COc1ccc(NC(=O)[C@H](C)OC(=O)CN2C(=O)Cc3ccccc3C2=O)cc1. The van der Waals surface area contributed by atoms with Crippen LogP contribution in [-0.2, 0) is 25.5 Å². The van der Waals surface area contributed by atoms with E-state index in [-0.39, 0.29) is 6.42 Å². The minimum atomic E-state index is -1.10. The van der Waals surface area contributed by atoms with Gasteiger partial charge in [-0.2, -0.15) is 0 Å². The molecule has 0 bridgehead atoms. The van der Waals surface area contributed by atoms with Crippen molar-refractivity contribution >= 4 is 29.4 Å². The summed E-state index contributed by atoms with van der Waals surface area (Å²) in [7, 11) is 1.53. The molecule has 0 unspecified atom stereocenters. The summed E-state index contributed by atoms with van der Waals surface area (Å²) in [4.78, 5) is 50.0. The van der Waals surface area contributed by atoms with E-state index in [9.17, 15) is 19.2 Å². The van der Waals surface area contributed by atoms with Crippen LogP contribution in [0.15, 0.2) is 48.5 Å². The molecule has 0 saturated heterocycles. The molecule has 0 radical (unpaired) electrons. The normalized spacial score (nSPS) is 14.1. The Morgan fingerprint density at radius 1 is 1.10 bits per heavy atom. The van der Waals surface area contributed by atoms with Gasteiger partial charge in [0.1, 0.15) is 12.3 Å². The van der Waals surface area contributed by atoms with Crippen LogP contribution in [-0.4, -0.2) is 48.3 Å². The average Bonchev–Trinajstić information content (AvgIpc) is 2.71. The summed E-state index contributed by atoms with van der Waals surface area (Å²) in [5.74, 6) is -1.78. The van der Waals surface area contributed by atoms with Crippen molar-refractivity contribution in [2.24, 2.45) is 0 Å². The number of nitrogens with zero attached hydrogens (tertiary/aromatic N) is 1. The zero-order valence-electron chi connectivity index (χ0n) is 16.0. The molecule has 0 aromatic heterocycles. The molecular formula is C21H20N2O6. The van der Waals surface area contributed by atoms with E-state index in [0.29, 0.717) is 22.6 Å². The predicted molar refractivity (Wildman–Crippen MR) is 103 cm³/mol. The van der Waals surface area contributed by atoms with Crippen molar-refractivity contribution in [3.63, 3.8) is 0 Å². The number of hydrogen-bond donors (Lipinski definition) is 1. The van der Waals surface area contributed by atoms with Crippen LogP contribution < -0.4 is 10.1 Å². The summed E-state index contributed by atoms with van der Waals surface area (Å²) in [6.07, 6.45) is -1.07. The van der Waals surface area contributed by atoms with Crippen molar-refractivity contribution < 1.29 is 28.7 Å². The van der Waals surface area contributed by atoms with E-state index < -0.39 is 36.3 Å². The summed E-state index contributed by atoms with van der Waals surface area (Å²) >= 11 is 0. The van der Waals surface area contributed by atoms with Gasteiger partial charge in [-0.3, -0.25) is 24.1 Å². The molecule has 0 saturated carbocycles. The topological polar surface area (TPSA) is 102 Å². The highest BCUT2D eigenvalue weighted by molar-refractivity contribution is 6.11. The van der Waals surface area contributed by atoms with E-state index in [0.717, 1.165) is 4.90 Å². The fourth-order valence-corrected chi connectivity index (χ4v) is 2.90. The van der Waals surface area contributed by atoms with Gasteiger partial charge in [0.05, 0.1) is 13.5 Å². The van der Waals surface area contributed by atoms with Gasteiger partial charge < -0.3 is 14.8 Å². The van der Waals surface area contributed by atoms with Gasteiger partial charge in [0, 0.05) is 11.3 Å². The summed E-state index contributed by atoms with van der Waals surface area (Å²) in [5.41, 5.74) is 1.52. The van der Waals surface area contributed by atoms with E-state index in [1.165, 1.54) is 14.0 Å². The van der Waals surface area contributed by atoms with Gasteiger partial charge in [-0.15, -0.1) is 0 Å². The van der Waals surface area contributed by atoms with Crippen molar-refractivity contribution in [3.05, 3.63) is 59.7 Å². The summed E-state index contributed by atoms with van der Waals surface area (Å²) in [6, 6.07) is 13.4. The highest BCUT2D eigenvalue weighted by Crippen LogP contribution is 2.20. The van der Waals surface area contributed by atoms with E-state index >= 15 is 0 Å². The van der Waals surface area contributed by atoms with E-state index in [1.54, 1.807) is 48.5 Å². The average molecular weight is 396 g/mol. The molecule has 29 heavy (non-hydrogen) atoms. The summed E-state index contributed by atoms with van der Waals surface area (Å²) in [5, 5.41) is 2.61. The molecule has 0 spiro atoms. The molecule has 3 amide bonds. The molecule has 0 fully saturated rings. The van der Waals surface area contributed by atoms with Crippen LogP contribution >= 0.6 is 0 Å². The Balaban J connectivity index is 1.57. The van der Waals surface area contributed by atoms with Crippen LogP contribution in [0, 0.1) is 0 Å². The van der Waals surface area contributed by atoms with E-state index in [4.69, 9.17) is 9.47 Å². The van der Waals surface area contributed by atoms with E-state index in [2.05, 4.69) is 5.32 Å². The molecule has 8 nitrogen and oxygen atoms in total. The van der Waals surface area contributed by atoms with Crippen LogP contribution in [0.5, 0.6) is 5.75 Å². The van der Waals surface area contributed by atoms with Crippen LogP contribution in [0.2, 0.25) is 0 Å². The van der Waals surface area contributed by atoms with Crippen molar-refractivity contribution in [2.75, 3.05) is 19.0 Å². The van der Waals surface area contributed by atoms with Gasteiger partial charge >= 0.3 is 5.97 Å². The first-order valence-electron chi connectivity index (χ1n) is 8.96. The zero-order chi connectivity index (χ0) is 21.0. The predicted octanol–water partition coefficient (Wildman–Crippen LogP) is 1.79. The molecule has 150 valence electrons. The molecule has 2 aromatic carbocycles. The van der Waals surface area contributed by atoms with Gasteiger partial charge in [-0.25, -0.2) is 0 Å². The number of amides is 3. The molecule has 3 rings (SSSR count). The maximum atomic E-state index is 12.5. The Hall–Kier alpha value is -3.68. The Kier molecular flexibility index (Phi) is 5.92. The highest BCUT2D eigenvalue weighted by Gasteiger charge is 2.33. The first-order valence-corrected chi connectivity index (χ1v) is 8.96. The number of anilines is 1. The zero-order valence-corrected chi connectivity index (χ0v) is 16.0. The largest absolute Gasteiger partial charge is 0.497 e. The third-order valence-corrected chi connectivity index (χ3v) is 4.46. The Morgan fingerprint density at radius 2 is 1.79 bits per heavy atom. The Labute approximate surface area is 167 Å². The lowest BCUT2D eigenvalue weighted by atomic mass is 9.98. The van der Waals surface area contributed by atoms with Crippen LogP contribution in [0.4, 0.5) is 5.69 Å². The third-order valence-electron chi connectivity index (χ3n) is 4.46. The van der Waals surface area contributed by atoms with Gasteiger partial charge in [-0.1, -0.05) is 18.2 Å². The molecule has 1 heterocycles. The van der Waals surface area contributed by atoms with Gasteiger partial charge in [0.25, 0.3) is 11.8 Å². The number of imide groups is 1. The van der Waals surface area contributed by atoms with Crippen molar-refractivity contribution in [2.45, 2.75) is 19.4 Å². The van der Waals surface area contributed by atoms with Gasteiger partial charge in [0.15, 0.2) is 6.10 Å². The first-order chi connectivity index (χ1) is 13.9. The smallest absolute Gasteiger partial charge is 0.326 e. The number of carbonyl (C=O) groups excluding carboxylic acids is 4. The van der Waals surface area contributed by atoms with Crippen molar-refractivity contribution in [1.29, 1.82) is 0 Å². The van der Waals surface area contributed by atoms with Crippen LogP contribution in [0.25, 0.3) is 0 Å². The maximum Gasteiger partial charge on any atom is 0.326 e. The lowest BCUT2D eigenvalue weighted by molar-refractivity contribution is -0.155. The summed E-state index contributed by atoms with van der Waals surface area (Å²) in [6.45, 7) is 0.859. The molecule has 1 atom stereocenters. The second-order valence-corrected chi connectivity index (χ2v) is 6.47. The van der Waals surface area contributed by atoms with Crippen LogP contribution in [0.3, 0.4) is 0 Å². The summed E-state index contributed by atoms with van der Waals surface area (Å²) < 4.78 is 10.1. The quantitative estimate of drug-likeness (QED) is 0.590. The second-order valence-electron chi connectivity index (χ2n) is 6.47. The number of benzene rings is 2. The lowest BCUT2D eigenvalue weighted by Crippen LogP contribution is -2.46. The fraction of sp³-hybridized carbons (Fsp3) is 0.238. The lowest BCUT2D eigenvalue weighted by Gasteiger charge is -2.26.